The Bertz CT molecular complexity index is 1500. The van der Waals surface area contributed by atoms with Crippen molar-refractivity contribution in [3.8, 4) is 17.2 Å². The number of rotatable bonds is 6. The van der Waals surface area contributed by atoms with Crippen molar-refractivity contribution in [1.82, 2.24) is 0 Å². The molecule has 186 valence electrons. The summed E-state index contributed by atoms with van der Waals surface area (Å²) >= 11 is 0. The van der Waals surface area contributed by atoms with Crippen LogP contribution < -0.4 is 19.7 Å². The Hall–Kier alpha value is -4.45. The second-order valence-electron chi connectivity index (χ2n) is 9.50. The molecule has 1 unspecified atom stereocenters. The summed E-state index contributed by atoms with van der Waals surface area (Å²) in [6.45, 7) is 2.68. The minimum Gasteiger partial charge on any atom is -0.493 e. The van der Waals surface area contributed by atoms with E-state index in [4.69, 9.17) is 14.2 Å². The highest BCUT2D eigenvalue weighted by atomic mass is 16.6. The largest absolute Gasteiger partial charge is 0.493 e. The van der Waals surface area contributed by atoms with Gasteiger partial charge in [0.2, 0.25) is 0 Å². The van der Waals surface area contributed by atoms with Gasteiger partial charge in [-0.1, -0.05) is 25.1 Å². The van der Waals surface area contributed by atoms with Gasteiger partial charge in [0, 0.05) is 60.0 Å². The van der Waals surface area contributed by atoms with Crippen LogP contribution in [0.1, 0.15) is 40.4 Å². The topological polar surface area (TPSA) is 60.0 Å². The second-order valence-corrected chi connectivity index (χ2v) is 9.50. The van der Waals surface area contributed by atoms with Gasteiger partial charge in [0.25, 0.3) is 0 Å². The lowest BCUT2D eigenvalue weighted by molar-refractivity contribution is 0.0224. The number of hydrogen-bond acceptors (Lipinski definition) is 6. The number of anilines is 3. The van der Waals surface area contributed by atoms with E-state index in [1.54, 1.807) is 0 Å². The van der Waals surface area contributed by atoms with Crippen molar-refractivity contribution < 1.29 is 19.0 Å². The number of nitrogens with zero attached hydrogens (tertiary/aromatic N) is 1. The Kier molecular flexibility index (Phi) is 5.52. The van der Waals surface area contributed by atoms with Crippen molar-refractivity contribution in [2.45, 2.75) is 18.9 Å². The molecule has 0 radical (unpaired) electrons. The lowest BCUT2D eigenvalue weighted by atomic mass is 9.77. The zero-order valence-electron chi connectivity index (χ0n) is 21.1. The van der Waals surface area contributed by atoms with Gasteiger partial charge in [-0.3, -0.25) is 0 Å². The summed E-state index contributed by atoms with van der Waals surface area (Å²) in [6.07, 6.45) is 0.903. The average Bonchev–Trinajstić information content (AvgIpc) is 3.20. The summed E-state index contributed by atoms with van der Waals surface area (Å²) in [5, 5.41) is 3.46. The fraction of sp³-hybridized carbons (Fsp3) is 0.194. The van der Waals surface area contributed by atoms with Gasteiger partial charge in [0.05, 0.1) is 12.2 Å². The Morgan fingerprint density at radius 1 is 0.838 bits per heavy atom. The smallest absolute Gasteiger partial charge is 0.340 e. The van der Waals surface area contributed by atoms with Crippen LogP contribution in [0.25, 0.3) is 0 Å². The van der Waals surface area contributed by atoms with E-state index in [0.29, 0.717) is 29.4 Å². The number of ether oxygens (including phenoxy) is 3. The lowest BCUT2D eigenvalue weighted by Gasteiger charge is -2.36. The molecule has 4 aromatic carbocycles. The van der Waals surface area contributed by atoms with Gasteiger partial charge in [-0.15, -0.1) is 0 Å². The Morgan fingerprint density at radius 2 is 1.54 bits per heavy atom. The molecule has 6 heteroatoms. The van der Waals surface area contributed by atoms with E-state index < -0.39 is 5.60 Å². The van der Waals surface area contributed by atoms with E-state index >= 15 is 0 Å². The van der Waals surface area contributed by atoms with Crippen LogP contribution in [0.15, 0.2) is 84.9 Å². The van der Waals surface area contributed by atoms with Crippen molar-refractivity contribution >= 4 is 23.0 Å². The Balaban J connectivity index is 1.45. The molecule has 6 rings (SSSR count). The van der Waals surface area contributed by atoms with Gasteiger partial charge in [-0.25, -0.2) is 4.79 Å². The van der Waals surface area contributed by atoms with Crippen LogP contribution in [0.3, 0.4) is 0 Å². The molecule has 0 bridgehead atoms. The van der Waals surface area contributed by atoms with Crippen LogP contribution in [-0.2, 0) is 10.3 Å². The molecule has 0 aromatic heterocycles. The molecular weight excluding hydrogens is 464 g/mol. The highest BCUT2D eigenvalue weighted by Crippen LogP contribution is 2.57. The number of carbonyl (C=O) groups is 1. The molecular formula is C31H28N2O4. The molecule has 2 aliphatic rings. The van der Waals surface area contributed by atoms with Crippen LogP contribution in [-0.4, -0.2) is 26.7 Å². The predicted octanol–water partition coefficient (Wildman–Crippen LogP) is 6.85. The van der Waals surface area contributed by atoms with Crippen LogP contribution in [0.5, 0.6) is 17.2 Å². The summed E-state index contributed by atoms with van der Waals surface area (Å²) in [5.41, 5.74) is 4.81. The predicted molar refractivity (Wildman–Crippen MR) is 145 cm³/mol. The molecule has 1 spiro atoms. The molecule has 0 aliphatic carbocycles. The van der Waals surface area contributed by atoms with Gasteiger partial charge in [-0.05, 0) is 61.0 Å². The summed E-state index contributed by atoms with van der Waals surface area (Å²) in [4.78, 5) is 15.1. The quantitative estimate of drug-likeness (QED) is 0.297. The lowest BCUT2D eigenvalue weighted by Crippen LogP contribution is -2.33. The number of esters is 1. The van der Waals surface area contributed by atoms with Gasteiger partial charge in [-0.2, -0.15) is 0 Å². The van der Waals surface area contributed by atoms with E-state index in [0.717, 1.165) is 40.2 Å². The number of hydrogen-bond donors (Lipinski definition) is 1. The maximum atomic E-state index is 13.0. The highest BCUT2D eigenvalue weighted by molar-refractivity contribution is 5.97. The number of carbonyl (C=O) groups excluding carboxylic acids is 1. The average molecular weight is 493 g/mol. The summed E-state index contributed by atoms with van der Waals surface area (Å²) in [7, 11) is 4.03. The van der Waals surface area contributed by atoms with Crippen molar-refractivity contribution in [1.29, 1.82) is 0 Å². The number of nitrogens with one attached hydrogen (secondary N) is 1. The zero-order chi connectivity index (χ0) is 25.6. The maximum Gasteiger partial charge on any atom is 0.340 e. The molecule has 37 heavy (non-hydrogen) atoms. The molecule has 2 aliphatic heterocycles. The van der Waals surface area contributed by atoms with E-state index in [1.807, 2.05) is 86.9 Å². The molecule has 0 amide bonds. The first kappa shape index (κ1) is 23.0. The first-order valence-corrected chi connectivity index (χ1v) is 12.5. The molecule has 4 aromatic rings. The van der Waals surface area contributed by atoms with E-state index in [1.165, 1.54) is 0 Å². The van der Waals surface area contributed by atoms with Crippen LogP contribution in [0.4, 0.5) is 17.1 Å². The second kappa shape index (κ2) is 8.89. The number of fused-ring (bicyclic) bond motifs is 6. The van der Waals surface area contributed by atoms with Gasteiger partial charge < -0.3 is 24.4 Å². The van der Waals surface area contributed by atoms with Gasteiger partial charge in [0.15, 0.2) is 5.60 Å². The molecule has 0 fully saturated rings. The van der Waals surface area contributed by atoms with Crippen LogP contribution in [0, 0.1) is 0 Å². The minimum atomic E-state index is -1.09. The van der Waals surface area contributed by atoms with E-state index in [-0.39, 0.29) is 5.97 Å². The van der Waals surface area contributed by atoms with Crippen molar-refractivity contribution in [2.24, 2.45) is 0 Å². The molecule has 2 heterocycles. The van der Waals surface area contributed by atoms with Gasteiger partial charge >= 0.3 is 5.97 Å². The summed E-state index contributed by atoms with van der Waals surface area (Å²) in [6, 6.07) is 27.4. The third kappa shape index (κ3) is 3.76. The first-order valence-electron chi connectivity index (χ1n) is 12.5. The molecule has 1 atom stereocenters. The monoisotopic (exact) mass is 492 g/mol. The summed E-state index contributed by atoms with van der Waals surface area (Å²) in [5.74, 6) is 1.61. The van der Waals surface area contributed by atoms with E-state index in [2.05, 4.69) is 29.3 Å². The third-order valence-electron chi connectivity index (χ3n) is 6.83. The van der Waals surface area contributed by atoms with Crippen molar-refractivity contribution in [2.75, 3.05) is 30.9 Å². The third-order valence-corrected chi connectivity index (χ3v) is 6.83. The normalized spacial score (nSPS) is 16.8. The SMILES string of the molecule is CCCOc1ccc2c(c1)Oc1cc(Nc3ccc(N(C)C)cc3)ccc1C21OC(=O)c2ccccc21. The summed E-state index contributed by atoms with van der Waals surface area (Å²) < 4.78 is 18.6. The van der Waals surface area contributed by atoms with Crippen LogP contribution >= 0.6 is 0 Å². The van der Waals surface area contributed by atoms with E-state index in [9.17, 15) is 4.79 Å². The molecule has 0 saturated heterocycles. The number of benzene rings is 4. The van der Waals surface area contributed by atoms with Crippen molar-refractivity contribution in [3.05, 3.63) is 107 Å². The zero-order valence-corrected chi connectivity index (χ0v) is 21.1. The standard InChI is InChI=1S/C31H28N2O4/c1-4-17-35-23-14-16-27-29(19-23)36-28-18-21(32-20-9-12-22(13-10-20)33(2)3)11-15-26(28)31(27)25-8-6-5-7-24(25)30(34)37-31/h5-16,18-19,32H,4,17H2,1-3H3. The molecule has 0 saturated carbocycles. The molecule has 6 nitrogen and oxygen atoms in total. The van der Waals surface area contributed by atoms with Crippen LogP contribution in [0.2, 0.25) is 0 Å². The molecule has 1 N–H and O–H groups in total. The van der Waals surface area contributed by atoms with Crippen molar-refractivity contribution in [3.63, 3.8) is 0 Å². The minimum absolute atomic E-state index is 0.344. The van der Waals surface area contributed by atoms with Gasteiger partial charge in [0.1, 0.15) is 17.2 Å². The Morgan fingerprint density at radius 3 is 2.30 bits per heavy atom. The first-order chi connectivity index (χ1) is 18.0. The maximum absolute atomic E-state index is 13.0. The fourth-order valence-corrected chi connectivity index (χ4v) is 5.05. The fourth-order valence-electron chi connectivity index (χ4n) is 5.05. The Labute approximate surface area is 216 Å². The highest BCUT2D eigenvalue weighted by Gasteiger charge is 2.53.